The molecule has 2 aromatic carbocycles. The number of rotatable bonds is 3. The molecule has 4 rings (SSSR count). The summed E-state index contributed by atoms with van der Waals surface area (Å²) >= 11 is 0. The van der Waals surface area contributed by atoms with E-state index in [1.165, 1.54) is 5.69 Å². The Morgan fingerprint density at radius 1 is 0.958 bits per heavy atom. The zero-order chi connectivity index (χ0) is 16.4. The second-order valence-corrected chi connectivity index (χ2v) is 6.10. The Hall–Kier alpha value is -2.24. The smallest absolute Gasteiger partial charge is 0.162 e. The second-order valence-electron chi connectivity index (χ2n) is 6.10. The van der Waals surface area contributed by atoms with Gasteiger partial charge in [0.25, 0.3) is 0 Å². The van der Waals surface area contributed by atoms with E-state index in [1.807, 2.05) is 12.1 Å². The number of anilines is 1. The minimum Gasteiger partial charge on any atom is -0.486 e. The third-order valence-corrected chi connectivity index (χ3v) is 4.60. The van der Waals surface area contributed by atoms with Crippen LogP contribution in [0.5, 0.6) is 11.5 Å². The van der Waals surface area contributed by atoms with Gasteiger partial charge in [-0.15, -0.1) is 0 Å². The van der Waals surface area contributed by atoms with E-state index < -0.39 is 0 Å². The van der Waals surface area contributed by atoms with Crippen LogP contribution in [0.4, 0.5) is 5.69 Å². The van der Waals surface area contributed by atoms with Gasteiger partial charge in [-0.1, -0.05) is 12.1 Å². The van der Waals surface area contributed by atoms with E-state index in [0.717, 1.165) is 48.6 Å². The first-order valence-corrected chi connectivity index (χ1v) is 8.44. The van der Waals surface area contributed by atoms with Crippen LogP contribution in [-0.2, 0) is 6.61 Å². The number of nitrogens with one attached hydrogen (secondary N) is 1. The SMILES string of the molecule is OCc1cc2c(cc1-c1ccc(N3CCNCC3)cc1)OCCO2. The highest BCUT2D eigenvalue weighted by molar-refractivity contribution is 5.73. The molecule has 2 aliphatic rings. The molecule has 0 amide bonds. The summed E-state index contributed by atoms with van der Waals surface area (Å²) in [5.41, 5.74) is 4.17. The standard InChI is InChI=1S/C19H22N2O3/c22-13-15-11-18-19(24-10-9-23-18)12-17(15)14-1-3-16(4-2-14)21-7-5-20-6-8-21/h1-4,11-12,20,22H,5-10,13H2. The normalized spacial score (nSPS) is 17.0. The number of aliphatic hydroxyl groups excluding tert-OH is 1. The van der Waals surface area contributed by atoms with E-state index in [-0.39, 0.29) is 6.61 Å². The van der Waals surface area contributed by atoms with Crippen LogP contribution in [0.1, 0.15) is 5.56 Å². The van der Waals surface area contributed by atoms with Crippen LogP contribution >= 0.6 is 0 Å². The van der Waals surface area contributed by atoms with Crippen LogP contribution in [0.25, 0.3) is 11.1 Å². The van der Waals surface area contributed by atoms with Gasteiger partial charge in [-0.05, 0) is 41.0 Å². The quantitative estimate of drug-likeness (QED) is 0.904. The molecular weight excluding hydrogens is 304 g/mol. The first-order valence-electron chi connectivity index (χ1n) is 8.44. The van der Waals surface area contributed by atoms with Crippen LogP contribution in [0.3, 0.4) is 0 Å². The third-order valence-electron chi connectivity index (χ3n) is 4.60. The molecule has 2 N–H and O–H groups in total. The molecule has 0 spiro atoms. The fraction of sp³-hybridized carbons (Fsp3) is 0.368. The van der Waals surface area contributed by atoms with Crippen molar-refractivity contribution in [3.8, 4) is 22.6 Å². The largest absolute Gasteiger partial charge is 0.486 e. The van der Waals surface area contributed by atoms with Gasteiger partial charge in [-0.2, -0.15) is 0 Å². The zero-order valence-electron chi connectivity index (χ0n) is 13.6. The average molecular weight is 326 g/mol. The predicted octanol–water partition coefficient (Wildman–Crippen LogP) is 2.03. The second kappa shape index (κ2) is 6.71. The van der Waals surface area contributed by atoms with Crippen LogP contribution in [0.15, 0.2) is 36.4 Å². The Kier molecular flexibility index (Phi) is 4.28. The van der Waals surface area contributed by atoms with E-state index in [2.05, 4.69) is 34.5 Å². The van der Waals surface area contributed by atoms with Gasteiger partial charge in [0.05, 0.1) is 6.61 Å². The van der Waals surface area contributed by atoms with E-state index in [1.54, 1.807) is 0 Å². The fourth-order valence-electron chi connectivity index (χ4n) is 3.31. The molecule has 0 saturated carbocycles. The minimum absolute atomic E-state index is 0.0223. The highest BCUT2D eigenvalue weighted by Crippen LogP contribution is 2.38. The lowest BCUT2D eigenvalue weighted by molar-refractivity contribution is 0.171. The molecule has 2 heterocycles. The van der Waals surface area contributed by atoms with Crippen LogP contribution in [0.2, 0.25) is 0 Å². The van der Waals surface area contributed by atoms with Gasteiger partial charge in [0.1, 0.15) is 13.2 Å². The summed E-state index contributed by atoms with van der Waals surface area (Å²) in [6.45, 7) is 5.21. The molecule has 2 aromatic rings. The van der Waals surface area contributed by atoms with E-state index in [9.17, 15) is 5.11 Å². The molecule has 1 fully saturated rings. The molecule has 126 valence electrons. The highest BCUT2D eigenvalue weighted by Gasteiger charge is 2.17. The van der Waals surface area contributed by atoms with Gasteiger partial charge in [0.2, 0.25) is 0 Å². The maximum Gasteiger partial charge on any atom is 0.162 e. The number of nitrogens with zero attached hydrogens (tertiary/aromatic N) is 1. The van der Waals surface area contributed by atoms with Gasteiger partial charge in [-0.3, -0.25) is 0 Å². The van der Waals surface area contributed by atoms with Crippen molar-refractivity contribution >= 4 is 5.69 Å². The van der Waals surface area contributed by atoms with Crippen molar-refractivity contribution < 1.29 is 14.6 Å². The first kappa shape index (κ1) is 15.3. The molecule has 0 radical (unpaired) electrons. The Morgan fingerprint density at radius 3 is 2.29 bits per heavy atom. The first-order chi connectivity index (χ1) is 11.8. The minimum atomic E-state index is -0.0223. The number of benzene rings is 2. The topological polar surface area (TPSA) is 54.0 Å². The molecule has 0 aliphatic carbocycles. The van der Waals surface area contributed by atoms with Crippen molar-refractivity contribution in [2.75, 3.05) is 44.3 Å². The fourth-order valence-corrected chi connectivity index (χ4v) is 3.31. The van der Waals surface area contributed by atoms with Crippen LogP contribution in [-0.4, -0.2) is 44.5 Å². The van der Waals surface area contributed by atoms with E-state index in [0.29, 0.717) is 19.0 Å². The van der Waals surface area contributed by atoms with Crippen LogP contribution < -0.4 is 19.7 Å². The Bertz CT molecular complexity index is 709. The Morgan fingerprint density at radius 2 is 1.62 bits per heavy atom. The van der Waals surface area contributed by atoms with Gasteiger partial charge >= 0.3 is 0 Å². The summed E-state index contributed by atoms with van der Waals surface area (Å²) < 4.78 is 11.3. The third kappa shape index (κ3) is 2.92. The van der Waals surface area contributed by atoms with E-state index in [4.69, 9.17) is 9.47 Å². The number of fused-ring (bicyclic) bond motifs is 1. The zero-order valence-corrected chi connectivity index (χ0v) is 13.6. The molecule has 5 heteroatoms. The van der Waals surface area contributed by atoms with Crippen molar-refractivity contribution in [1.29, 1.82) is 0 Å². The monoisotopic (exact) mass is 326 g/mol. The van der Waals surface area contributed by atoms with Crippen molar-refractivity contribution in [3.05, 3.63) is 42.0 Å². The van der Waals surface area contributed by atoms with Crippen LogP contribution in [0, 0.1) is 0 Å². The molecule has 0 aromatic heterocycles. The van der Waals surface area contributed by atoms with Gasteiger partial charge < -0.3 is 24.8 Å². The molecule has 2 aliphatic heterocycles. The number of aliphatic hydroxyl groups is 1. The summed E-state index contributed by atoms with van der Waals surface area (Å²) in [6, 6.07) is 12.4. The molecule has 0 atom stereocenters. The van der Waals surface area contributed by atoms with Crippen molar-refractivity contribution in [1.82, 2.24) is 5.32 Å². The van der Waals surface area contributed by atoms with Crippen molar-refractivity contribution in [2.45, 2.75) is 6.61 Å². The molecule has 0 unspecified atom stereocenters. The lowest BCUT2D eigenvalue weighted by atomic mass is 9.98. The molecule has 5 nitrogen and oxygen atoms in total. The van der Waals surface area contributed by atoms with Crippen molar-refractivity contribution in [3.63, 3.8) is 0 Å². The molecular formula is C19H22N2O3. The maximum absolute atomic E-state index is 9.73. The van der Waals surface area contributed by atoms with Crippen molar-refractivity contribution in [2.24, 2.45) is 0 Å². The maximum atomic E-state index is 9.73. The number of ether oxygens (including phenoxy) is 2. The average Bonchev–Trinajstić information content (AvgIpc) is 2.68. The van der Waals surface area contributed by atoms with E-state index >= 15 is 0 Å². The summed E-state index contributed by atoms with van der Waals surface area (Å²) in [7, 11) is 0. The Labute approximate surface area is 141 Å². The molecule has 0 bridgehead atoms. The number of piperazine rings is 1. The highest BCUT2D eigenvalue weighted by atomic mass is 16.6. The summed E-state index contributed by atoms with van der Waals surface area (Å²) in [5, 5.41) is 13.1. The molecule has 1 saturated heterocycles. The summed E-state index contributed by atoms with van der Waals surface area (Å²) in [5.74, 6) is 1.46. The molecule has 24 heavy (non-hydrogen) atoms. The van der Waals surface area contributed by atoms with Gasteiger partial charge in [-0.25, -0.2) is 0 Å². The predicted molar refractivity (Wildman–Crippen MR) is 93.9 cm³/mol. The lowest BCUT2D eigenvalue weighted by Gasteiger charge is -2.29. The Balaban J connectivity index is 1.65. The summed E-state index contributed by atoms with van der Waals surface area (Å²) in [6.07, 6.45) is 0. The number of hydrogen-bond acceptors (Lipinski definition) is 5. The lowest BCUT2D eigenvalue weighted by Crippen LogP contribution is -2.43. The van der Waals surface area contributed by atoms with Gasteiger partial charge in [0.15, 0.2) is 11.5 Å². The summed E-state index contributed by atoms with van der Waals surface area (Å²) in [4.78, 5) is 2.39. The number of hydrogen-bond donors (Lipinski definition) is 2. The van der Waals surface area contributed by atoms with Gasteiger partial charge in [0, 0.05) is 31.9 Å².